The van der Waals surface area contributed by atoms with E-state index in [9.17, 15) is 14.4 Å². The van der Waals surface area contributed by atoms with Gasteiger partial charge in [0.1, 0.15) is 5.82 Å². The number of rotatable bonds is 10. The molecule has 0 saturated heterocycles. The first kappa shape index (κ1) is 22.5. The van der Waals surface area contributed by atoms with Crippen LogP contribution in [-0.4, -0.2) is 22.0 Å². The summed E-state index contributed by atoms with van der Waals surface area (Å²) >= 11 is 0. The van der Waals surface area contributed by atoms with E-state index in [2.05, 4.69) is 11.9 Å². The zero-order valence-electron chi connectivity index (χ0n) is 17.7. The van der Waals surface area contributed by atoms with E-state index in [4.69, 9.17) is 5.73 Å². The van der Waals surface area contributed by atoms with Crippen molar-refractivity contribution >= 4 is 17.4 Å². The van der Waals surface area contributed by atoms with Crippen molar-refractivity contribution in [2.45, 2.75) is 65.8 Å². The van der Waals surface area contributed by atoms with Crippen molar-refractivity contribution in [3.05, 3.63) is 56.2 Å². The van der Waals surface area contributed by atoms with Crippen LogP contribution in [0.1, 0.15) is 68.8 Å². The van der Waals surface area contributed by atoms with E-state index in [-0.39, 0.29) is 17.4 Å². The van der Waals surface area contributed by atoms with Gasteiger partial charge in [0.15, 0.2) is 5.69 Å². The summed E-state index contributed by atoms with van der Waals surface area (Å²) in [5.41, 5.74) is 6.73. The van der Waals surface area contributed by atoms with E-state index in [1.165, 1.54) is 15.0 Å². The van der Waals surface area contributed by atoms with Gasteiger partial charge in [-0.25, -0.2) is 4.79 Å². The summed E-state index contributed by atoms with van der Waals surface area (Å²) in [4.78, 5) is 41.7. The summed E-state index contributed by atoms with van der Waals surface area (Å²) in [5, 5.41) is 0. The number of unbranched alkanes of at least 4 members (excludes halogenated alkanes) is 2. The van der Waals surface area contributed by atoms with Crippen molar-refractivity contribution in [2.24, 2.45) is 0 Å². The summed E-state index contributed by atoms with van der Waals surface area (Å²) < 4.78 is 1.34. The number of H-pyrrole nitrogens is 1. The standard InChI is InChI=1S/C22H32N4O3/c1-4-7-9-16-10-12-17(13-11-16)21(28)25(14-6-3)18-19(23)26(15-8-5-2)22(29)24-20(18)27/h10-13H,4-9,14-15,23H2,1-3H3,(H,24,27,29). The minimum atomic E-state index is -0.637. The van der Waals surface area contributed by atoms with Crippen molar-refractivity contribution in [1.82, 2.24) is 9.55 Å². The van der Waals surface area contributed by atoms with E-state index in [0.29, 0.717) is 25.1 Å². The molecule has 0 aliphatic heterocycles. The third kappa shape index (κ3) is 5.37. The molecule has 0 spiro atoms. The number of hydrogen-bond donors (Lipinski definition) is 2. The van der Waals surface area contributed by atoms with E-state index in [0.717, 1.165) is 32.1 Å². The van der Waals surface area contributed by atoms with Crippen LogP contribution in [0.3, 0.4) is 0 Å². The van der Waals surface area contributed by atoms with Crippen LogP contribution in [0.15, 0.2) is 33.9 Å². The molecular formula is C22H32N4O3. The molecule has 3 N–H and O–H groups in total. The molecule has 0 aliphatic rings. The quantitative estimate of drug-likeness (QED) is 0.639. The highest BCUT2D eigenvalue weighted by molar-refractivity contribution is 6.07. The van der Waals surface area contributed by atoms with Gasteiger partial charge < -0.3 is 10.6 Å². The molecule has 29 heavy (non-hydrogen) atoms. The Morgan fingerprint density at radius 1 is 1.03 bits per heavy atom. The maximum Gasteiger partial charge on any atom is 0.330 e. The summed E-state index contributed by atoms with van der Waals surface area (Å²) in [5.74, 6) is -0.264. The second kappa shape index (κ2) is 10.6. The Kier molecular flexibility index (Phi) is 8.24. The highest BCUT2D eigenvalue weighted by Crippen LogP contribution is 2.20. The van der Waals surface area contributed by atoms with Gasteiger partial charge >= 0.3 is 5.69 Å². The van der Waals surface area contributed by atoms with Crippen LogP contribution in [0.4, 0.5) is 11.5 Å². The minimum absolute atomic E-state index is 0.0357. The van der Waals surface area contributed by atoms with Crippen LogP contribution in [0, 0.1) is 0 Å². The molecule has 2 rings (SSSR count). The lowest BCUT2D eigenvalue weighted by atomic mass is 10.1. The lowest BCUT2D eigenvalue weighted by Gasteiger charge is -2.24. The molecule has 0 bridgehead atoms. The Bertz CT molecular complexity index is 929. The van der Waals surface area contributed by atoms with Crippen molar-refractivity contribution < 1.29 is 4.79 Å². The van der Waals surface area contributed by atoms with Gasteiger partial charge in [0, 0.05) is 18.7 Å². The highest BCUT2D eigenvalue weighted by atomic mass is 16.2. The molecule has 158 valence electrons. The molecular weight excluding hydrogens is 368 g/mol. The summed E-state index contributed by atoms with van der Waals surface area (Å²) in [6.45, 7) is 6.79. The van der Waals surface area contributed by atoms with Gasteiger partial charge in [-0.1, -0.05) is 45.7 Å². The second-order valence-corrected chi connectivity index (χ2v) is 7.26. The first-order valence-corrected chi connectivity index (χ1v) is 10.5. The zero-order valence-corrected chi connectivity index (χ0v) is 17.7. The van der Waals surface area contributed by atoms with Crippen LogP contribution in [-0.2, 0) is 13.0 Å². The molecule has 0 atom stereocenters. The van der Waals surface area contributed by atoms with E-state index >= 15 is 0 Å². The van der Waals surface area contributed by atoms with Crippen molar-refractivity contribution in [1.29, 1.82) is 0 Å². The van der Waals surface area contributed by atoms with Gasteiger partial charge in [-0.2, -0.15) is 0 Å². The maximum atomic E-state index is 13.2. The van der Waals surface area contributed by atoms with Gasteiger partial charge in [-0.15, -0.1) is 0 Å². The number of carbonyl (C=O) groups is 1. The molecule has 7 heteroatoms. The lowest BCUT2D eigenvalue weighted by molar-refractivity contribution is 0.0986. The number of anilines is 2. The monoisotopic (exact) mass is 400 g/mol. The lowest BCUT2D eigenvalue weighted by Crippen LogP contribution is -2.41. The van der Waals surface area contributed by atoms with Crippen LogP contribution in [0.25, 0.3) is 0 Å². The topological polar surface area (TPSA) is 101 Å². The number of hydrogen-bond acceptors (Lipinski definition) is 4. The third-order valence-corrected chi connectivity index (χ3v) is 4.93. The summed E-state index contributed by atoms with van der Waals surface area (Å²) in [7, 11) is 0. The number of amides is 1. The predicted octanol–water partition coefficient (Wildman–Crippen LogP) is 3.32. The second-order valence-electron chi connectivity index (χ2n) is 7.26. The molecule has 1 heterocycles. The zero-order chi connectivity index (χ0) is 21.4. The van der Waals surface area contributed by atoms with Gasteiger partial charge in [0.25, 0.3) is 11.5 Å². The van der Waals surface area contributed by atoms with E-state index in [1.54, 1.807) is 12.1 Å². The molecule has 0 unspecified atom stereocenters. The number of benzene rings is 1. The smallest absolute Gasteiger partial charge is 0.330 e. The fourth-order valence-corrected chi connectivity index (χ4v) is 3.27. The largest absolute Gasteiger partial charge is 0.383 e. The van der Waals surface area contributed by atoms with Crippen molar-refractivity contribution in [2.75, 3.05) is 17.2 Å². The Morgan fingerprint density at radius 2 is 1.69 bits per heavy atom. The maximum absolute atomic E-state index is 13.2. The van der Waals surface area contributed by atoms with Gasteiger partial charge in [-0.05, 0) is 43.4 Å². The highest BCUT2D eigenvalue weighted by Gasteiger charge is 2.24. The van der Waals surface area contributed by atoms with E-state index < -0.39 is 11.2 Å². The first-order valence-electron chi connectivity index (χ1n) is 10.5. The number of aryl methyl sites for hydroxylation is 1. The summed E-state index contributed by atoms with van der Waals surface area (Å²) in [6, 6.07) is 7.46. The molecule has 2 aromatic rings. The molecule has 1 aromatic heterocycles. The first-order chi connectivity index (χ1) is 13.9. The van der Waals surface area contributed by atoms with Crippen LogP contribution < -0.4 is 21.9 Å². The van der Waals surface area contributed by atoms with Gasteiger partial charge in [-0.3, -0.25) is 19.1 Å². The van der Waals surface area contributed by atoms with Crippen molar-refractivity contribution in [3.8, 4) is 0 Å². The molecule has 0 saturated carbocycles. The predicted molar refractivity (Wildman–Crippen MR) is 118 cm³/mol. The number of nitrogen functional groups attached to an aromatic ring is 1. The summed E-state index contributed by atoms with van der Waals surface area (Å²) in [6.07, 6.45) is 5.45. The van der Waals surface area contributed by atoms with Crippen LogP contribution in [0.2, 0.25) is 0 Å². The van der Waals surface area contributed by atoms with Crippen LogP contribution >= 0.6 is 0 Å². The van der Waals surface area contributed by atoms with Gasteiger partial charge in [0.2, 0.25) is 0 Å². The molecule has 1 amide bonds. The number of nitrogens with two attached hydrogens (primary N) is 1. The number of aromatic nitrogens is 2. The van der Waals surface area contributed by atoms with Gasteiger partial charge in [0.05, 0.1) is 0 Å². The molecule has 1 aromatic carbocycles. The minimum Gasteiger partial charge on any atom is -0.383 e. The Labute approximate surface area is 171 Å². The Hall–Kier alpha value is -2.83. The molecule has 0 radical (unpaired) electrons. The number of aromatic amines is 1. The fraction of sp³-hybridized carbons (Fsp3) is 0.500. The number of nitrogens with one attached hydrogen (secondary N) is 1. The number of nitrogens with zero attached hydrogens (tertiary/aromatic N) is 2. The normalized spacial score (nSPS) is 10.9. The third-order valence-electron chi connectivity index (χ3n) is 4.93. The van der Waals surface area contributed by atoms with Crippen molar-refractivity contribution in [3.63, 3.8) is 0 Å². The average Bonchev–Trinajstić information content (AvgIpc) is 2.71. The molecule has 0 aliphatic carbocycles. The Balaban J connectivity index is 2.44. The van der Waals surface area contributed by atoms with Crippen LogP contribution in [0.5, 0.6) is 0 Å². The van der Waals surface area contributed by atoms with E-state index in [1.807, 2.05) is 26.0 Å². The number of carbonyl (C=O) groups excluding carboxylic acids is 1. The molecule has 0 fully saturated rings. The SMILES string of the molecule is CCCCc1ccc(C(=O)N(CCC)c2c(N)n(CCCC)c(=O)[nH]c2=O)cc1. The molecule has 7 nitrogen and oxygen atoms in total. The fourth-order valence-electron chi connectivity index (χ4n) is 3.27. The average molecular weight is 401 g/mol. The Morgan fingerprint density at radius 3 is 2.28 bits per heavy atom.